The van der Waals surface area contributed by atoms with Crippen LogP contribution in [0.3, 0.4) is 0 Å². The lowest BCUT2D eigenvalue weighted by molar-refractivity contribution is -0.147. The molecular weight excluding hydrogens is 358 g/mol. The third-order valence-corrected chi connectivity index (χ3v) is 5.89. The highest BCUT2D eigenvalue weighted by Gasteiger charge is 2.38. The largest absolute Gasteiger partial charge is 0.368 e. The van der Waals surface area contributed by atoms with Crippen molar-refractivity contribution in [3.8, 4) is 0 Å². The fraction of sp³-hybridized carbons (Fsp3) is 0.571. The van der Waals surface area contributed by atoms with Gasteiger partial charge < -0.3 is 19.4 Å². The van der Waals surface area contributed by atoms with E-state index in [9.17, 15) is 14.4 Å². The third-order valence-electron chi connectivity index (χ3n) is 5.89. The summed E-state index contributed by atoms with van der Waals surface area (Å²) in [6, 6.07) is 9.84. The van der Waals surface area contributed by atoms with Crippen LogP contribution >= 0.6 is 0 Å². The van der Waals surface area contributed by atoms with Gasteiger partial charge in [-0.2, -0.15) is 0 Å². The Bertz CT molecular complexity index is 724. The Morgan fingerprint density at radius 2 is 1.68 bits per heavy atom. The fourth-order valence-electron chi connectivity index (χ4n) is 4.28. The second-order valence-electron chi connectivity index (χ2n) is 7.81. The third kappa shape index (κ3) is 4.04. The van der Waals surface area contributed by atoms with Crippen LogP contribution in [0, 0.1) is 5.92 Å². The molecule has 1 aromatic rings. The Balaban J connectivity index is 1.28. The van der Waals surface area contributed by atoms with Crippen molar-refractivity contribution in [3.05, 3.63) is 35.9 Å². The van der Waals surface area contributed by atoms with Crippen molar-refractivity contribution in [1.82, 2.24) is 14.7 Å². The minimum Gasteiger partial charge on any atom is -0.368 e. The minimum atomic E-state index is -0.304. The first-order valence-corrected chi connectivity index (χ1v) is 10.1. The molecule has 0 N–H and O–H groups in total. The predicted molar refractivity (Wildman–Crippen MR) is 102 cm³/mol. The molecule has 0 saturated carbocycles. The quantitative estimate of drug-likeness (QED) is 0.772. The van der Waals surface area contributed by atoms with Gasteiger partial charge in [0, 0.05) is 52.3 Å². The summed E-state index contributed by atoms with van der Waals surface area (Å²) in [6.45, 7) is 3.82. The Hall–Kier alpha value is -2.41. The Labute approximate surface area is 165 Å². The van der Waals surface area contributed by atoms with Gasteiger partial charge in [-0.15, -0.1) is 0 Å². The number of hydrogen-bond donors (Lipinski definition) is 0. The summed E-state index contributed by atoms with van der Waals surface area (Å²) in [5, 5.41) is 0. The number of nitrogens with zero attached hydrogens (tertiary/aromatic N) is 3. The van der Waals surface area contributed by atoms with Gasteiger partial charge in [0.2, 0.25) is 11.8 Å². The van der Waals surface area contributed by atoms with Gasteiger partial charge in [0.1, 0.15) is 6.10 Å². The highest BCUT2D eigenvalue weighted by atomic mass is 16.5. The molecule has 0 bridgehead atoms. The van der Waals surface area contributed by atoms with E-state index in [2.05, 4.69) is 0 Å². The monoisotopic (exact) mass is 385 g/mol. The smallest absolute Gasteiger partial charge is 0.251 e. The molecule has 0 unspecified atom stereocenters. The number of rotatable bonds is 4. The van der Waals surface area contributed by atoms with Crippen LogP contribution in [0.25, 0.3) is 0 Å². The number of carbonyl (C=O) groups is 3. The molecule has 0 radical (unpaired) electrons. The summed E-state index contributed by atoms with van der Waals surface area (Å²) in [5.41, 5.74) is 1.07. The number of carbonyl (C=O) groups excluding carboxylic acids is 3. The van der Waals surface area contributed by atoms with Gasteiger partial charge in [0.05, 0.1) is 5.92 Å². The van der Waals surface area contributed by atoms with Crippen LogP contribution < -0.4 is 0 Å². The molecule has 3 amide bonds. The number of amides is 3. The zero-order chi connectivity index (χ0) is 19.5. The Morgan fingerprint density at radius 3 is 2.32 bits per heavy atom. The first-order chi connectivity index (χ1) is 13.6. The van der Waals surface area contributed by atoms with Crippen LogP contribution in [0.2, 0.25) is 0 Å². The van der Waals surface area contributed by atoms with Crippen molar-refractivity contribution in [2.24, 2.45) is 5.92 Å². The Morgan fingerprint density at radius 1 is 1.00 bits per heavy atom. The summed E-state index contributed by atoms with van der Waals surface area (Å²) in [5.74, 6) is -0.158. The van der Waals surface area contributed by atoms with Crippen molar-refractivity contribution in [2.75, 3.05) is 39.3 Å². The molecule has 3 heterocycles. The predicted octanol–water partition coefficient (Wildman–Crippen LogP) is 0.885. The second kappa shape index (κ2) is 8.31. The lowest BCUT2D eigenvalue weighted by Gasteiger charge is -2.36. The molecule has 2 atom stereocenters. The van der Waals surface area contributed by atoms with E-state index < -0.39 is 0 Å². The lowest BCUT2D eigenvalue weighted by atomic mass is 10.1. The second-order valence-corrected chi connectivity index (χ2v) is 7.81. The SMILES string of the molecule is O=C1C[C@@H](C(=O)N2CCN(C(=O)[C@H]3CCCO3)CC2)CN1Cc1ccccc1. The molecule has 28 heavy (non-hydrogen) atoms. The van der Waals surface area contributed by atoms with Gasteiger partial charge in [0.15, 0.2) is 0 Å². The molecule has 0 aliphatic carbocycles. The molecular formula is C21H27N3O4. The lowest BCUT2D eigenvalue weighted by Crippen LogP contribution is -2.54. The highest BCUT2D eigenvalue weighted by Crippen LogP contribution is 2.23. The van der Waals surface area contributed by atoms with Crippen LogP contribution in [0.5, 0.6) is 0 Å². The summed E-state index contributed by atoms with van der Waals surface area (Å²) in [4.78, 5) is 43.1. The molecule has 0 spiro atoms. The highest BCUT2D eigenvalue weighted by molar-refractivity contribution is 5.89. The topological polar surface area (TPSA) is 70.2 Å². The summed E-state index contributed by atoms with van der Waals surface area (Å²) < 4.78 is 5.48. The zero-order valence-corrected chi connectivity index (χ0v) is 16.1. The molecule has 7 heteroatoms. The molecule has 3 aliphatic heterocycles. The van der Waals surface area contributed by atoms with Crippen LogP contribution in [0.15, 0.2) is 30.3 Å². The van der Waals surface area contributed by atoms with Crippen molar-refractivity contribution in [3.63, 3.8) is 0 Å². The average Bonchev–Trinajstić information content (AvgIpc) is 3.38. The normalized spacial score (nSPS) is 25.4. The van der Waals surface area contributed by atoms with E-state index >= 15 is 0 Å². The van der Waals surface area contributed by atoms with Crippen LogP contribution in [0.1, 0.15) is 24.8 Å². The number of likely N-dealkylation sites (tertiary alicyclic amines) is 1. The van der Waals surface area contributed by atoms with Crippen molar-refractivity contribution in [1.29, 1.82) is 0 Å². The van der Waals surface area contributed by atoms with E-state index in [1.54, 1.807) is 9.80 Å². The Kier molecular flexibility index (Phi) is 5.62. The molecule has 1 aromatic carbocycles. The van der Waals surface area contributed by atoms with E-state index in [0.29, 0.717) is 45.9 Å². The maximum absolute atomic E-state index is 12.9. The van der Waals surface area contributed by atoms with Gasteiger partial charge in [-0.05, 0) is 18.4 Å². The van der Waals surface area contributed by atoms with Gasteiger partial charge in [-0.3, -0.25) is 14.4 Å². The molecule has 150 valence electrons. The maximum Gasteiger partial charge on any atom is 0.251 e. The van der Waals surface area contributed by atoms with Crippen LogP contribution in [0.4, 0.5) is 0 Å². The summed E-state index contributed by atoms with van der Waals surface area (Å²) in [6.07, 6.45) is 1.70. The van der Waals surface area contributed by atoms with E-state index in [-0.39, 0.29) is 36.2 Å². The maximum atomic E-state index is 12.9. The average molecular weight is 385 g/mol. The molecule has 7 nitrogen and oxygen atoms in total. The molecule has 3 aliphatic rings. The van der Waals surface area contributed by atoms with Gasteiger partial charge >= 0.3 is 0 Å². The first kappa shape index (κ1) is 18.9. The number of piperazine rings is 1. The molecule has 4 rings (SSSR count). The number of ether oxygens (including phenoxy) is 1. The number of benzene rings is 1. The zero-order valence-electron chi connectivity index (χ0n) is 16.1. The van der Waals surface area contributed by atoms with Crippen molar-refractivity contribution < 1.29 is 19.1 Å². The van der Waals surface area contributed by atoms with Crippen molar-refractivity contribution >= 4 is 17.7 Å². The first-order valence-electron chi connectivity index (χ1n) is 10.1. The summed E-state index contributed by atoms with van der Waals surface area (Å²) in [7, 11) is 0. The van der Waals surface area contributed by atoms with E-state index in [1.807, 2.05) is 35.2 Å². The molecule has 3 fully saturated rings. The van der Waals surface area contributed by atoms with Gasteiger partial charge in [0.25, 0.3) is 5.91 Å². The van der Waals surface area contributed by atoms with E-state index in [1.165, 1.54) is 0 Å². The number of hydrogen-bond acceptors (Lipinski definition) is 4. The molecule has 0 aromatic heterocycles. The standard InChI is InChI=1S/C21H27N3O4/c25-19-13-17(15-24(19)14-16-5-2-1-3-6-16)20(26)22-8-10-23(11-9-22)21(27)18-7-4-12-28-18/h1-3,5-6,17-18H,4,7-15H2/t17-,18-/m1/s1. The van der Waals surface area contributed by atoms with Crippen LogP contribution in [-0.4, -0.2) is 77.9 Å². The van der Waals surface area contributed by atoms with Gasteiger partial charge in [-0.25, -0.2) is 0 Å². The van der Waals surface area contributed by atoms with Gasteiger partial charge in [-0.1, -0.05) is 30.3 Å². The molecule has 3 saturated heterocycles. The van der Waals surface area contributed by atoms with Crippen molar-refractivity contribution in [2.45, 2.75) is 31.9 Å². The van der Waals surface area contributed by atoms with Crippen LogP contribution in [-0.2, 0) is 25.7 Å². The summed E-state index contributed by atoms with van der Waals surface area (Å²) >= 11 is 0. The minimum absolute atomic E-state index is 0.0353. The fourth-order valence-corrected chi connectivity index (χ4v) is 4.28. The van der Waals surface area contributed by atoms with E-state index in [0.717, 1.165) is 18.4 Å². The van der Waals surface area contributed by atoms with E-state index in [4.69, 9.17) is 4.74 Å².